The van der Waals surface area contributed by atoms with Gasteiger partial charge >= 0.3 is 11.7 Å². The molecule has 1 atom stereocenters. The largest absolute Gasteiger partial charge is 0.502 e. The maximum atomic E-state index is 10.6. The standard InChI is InChI=1S/C9H8N2O8/c12-7(9(14)15)2-4-1-5(10(16)17)3-6(8(4)13)11(18)19/h1,3,7,12-13H,2H2,(H,14,15)/t7-/m0/s1. The highest BCUT2D eigenvalue weighted by Gasteiger charge is 2.26. The molecule has 0 unspecified atom stereocenters. The number of aliphatic carboxylic acids is 1. The summed E-state index contributed by atoms with van der Waals surface area (Å²) in [4.78, 5) is 29.7. The van der Waals surface area contributed by atoms with Gasteiger partial charge in [-0.3, -0.25) is 20.2 Å². The Morgan fingerprint density at radius 3 is 2.26 bits per heavy atom. The zero-order valence-corrected chi connectivity index (χ0v) is 9.22. The molecule has 0 saturated heterocycles. The first-order chi connectivity index (χ1) is 8.73. The van der Waals surface area contributed by atoms with E-state index in [9.17, 15) is 30.1 Å². The third kappa shape index (κ3) is 3.13. The molecule has 19 heavy (non-hydrogen) atoms. The number of carbonyl (C=O) groups is 1. The van der Waals surface area contributed by atoms with Crippen LogP contribution in [-0.2, 0) is 11.2 Å². The summed E-state index contributed by atoms with van der Waals surface area (Å²) in [5.41, 5.74) is -2.00. The molecule has 0 bridgehead atoms. The Morgan fingerprint density at radius 2 is 1.84 bits per heavy atom. The number of nitro groups is 2. The Kier molecular flexibility index (Phi) is 3.97. The molecular weight excluding hydrogens is 264 g/mol. The first-order valence-corrected chi connectivity index (χ1v) is 4.79. The van der Waals surface area contributed by atoms with Crippen molar-refractivity contribution in [3.63, 3.8) is 0 Å². The number of benzene rings is 1. The van der Waals surface area contributed by atoms with E-state index in [0.29, 0.717) is 6.07 Å². The van der Waals surface area contributed by atoms with Gasteiger partial charge in [0.2, 0.25) is 0 Å². The van der Waals surface area contributed by atoms with Crippen LogP contribution in [0.2, 0.25) is 0 Å². The fraction of sp³-hybridized carbons (Fsp3) is 0.222. The van der Waals surface area contributed by atoms with E-state index in [4.69, 9.17) is 10.2 Å². The minimum atomic E-state index is -1.94. The van der Waals surface area contributed by atoms with E-state index in [0.717, 1.165) is 6.07 Å². The SMILES string of the molecule is O=C(O)[C@@H](O)Cc1cc([N+](=O)[O-])cc([N+](=O)[O-])c1O. The number of carboxylic acid groups (broad SMARTS) is 1. The molecule has 0 fully saturated rings. The molecular formula is C9H8N2O8. The lowest BCUT2D eigenvalue weighted by Crippen LogP contribution is -2.22. The molecule has 1 aromatic rings. The van der Waals surface area contributed by atoms with Crippen molar-refractivity contribution in [1.29, 1.82) is 0 Å². The maximum absolute atomic E-state index is 10.6. The number of aromatic hydroxyl groups is 1. The lowest BCUT2D eigenvalue weighted by atomic mass is 10.0. The molecule has 0 amide bonds. The van der Waals surface area contributed by atoms with Crippen LogP contribution in [0.15, 0.2) is 12.1 Å². The number of nitro benzene ring substituents is 2. The predicted octanol–water partition coefficient (Wildman–Crippen LogP) is 0.197. The summed E-state index contributed by atoms with van der Waals surface area (Å²) < 4.78 is 0. The second-order valence-corrected chi connectivity index (χ2v) is 3.55. The van der Waals surface area contributed by atoms with E-state index in [2.05, 4.69) is 0 Å². The molecule has 0 radical (unpaired) electrons. The van der Waals surface area contributed by atoms with Crippen LogP contribution in [0.1, 0.15) is 5.56 Å². The quantitative estimate of drug-likeness (QED) is 0.505. The Bertz CT molecular complexity index is 555. The molecule has 0 aromatic heterocycles. The van der Waals surface area contributed by atoms with Gasteiger partial charge in [0.25, 0.3) is 5.69 Å². The second kappa shape index (κ2) is 5.27. The number of hydrogen-bond acceptors (Lipinski definition) is 7. The molecule has 3 N–H and O–H groups in total. The minimum absolute atomic E-state index is 0.393. The number of phenolic OH excluding ortho intramolecular Hbond substituents is 1. The van der Waals surface area contributed by atoms with Crippen LogP contribution >= 0.6 is 0 Å². The van der Waals surface area contributed by atoms with E-state index in [-0.39, 0.29) is 0 Å². The van der Waals surface area contributed by atoms with E-state index >= 15 is 0 Å². The summed E-state index contributed by atoms with van der Waals surface area (Å²) in [5, 5.41) is 48.3. The zero-order chi connectivity index (χ0) is 14.7. The van der Waals surface area contributed by atoms with E-state index in [1.54, 1.807) is 0 Å². The highest BCUT2D eigenvalue weighted by molar-refractivity contribution is 5.73. The summed E-state index contributed by atoms with van der Waals surface area (Å²) in [6.45, 7) is 0. The Labute approximate surface area is 104 Å². The van der Waals surface area contributed by atoms with Crippen LogP contribution in [0, 0.1) is 20.2 Å². The summed E-state index contributed by atoms with van der Waals surface area (Å²) in [5.74, 6) is -2.52. The van der Waals surface area contributed by atoms with Gasteiger partial charge in [-0.25, -0.2) is 4.79 Å². The van der Waals surface area contributed by atoms with Crippen molar-refractivity contribution in [3.8, 4) is 5.75 Å². The lowest BCUT2D eigenvalue weighted by molar-refractivity contribution is -0.394. The van der Waals surface area contributed by atoms with Gasteiger partial charge in [0, 0.05) is 18.1 Å². The maximum Gasteiger partial charge on any atom is 0.332 e. The average Bonchev–Trinajstić information content (AvgIpc) is 2.30. The van der Waals surface area contributed by atoms with Crippen LogP contribution < -0.4 is 0 Å². The van der Waals surface area contributed by atoms with E-state index in [1.807, 2.05) is 0 Å². The van der Waals surface area contributed by atoms with Crippen molar-refractivity contribution < 1.29 is 30.0 Å². The normalized spacial score (nSPS) is 11.8. The fourth-order valence-corrected chi connectivity index (χ4v) is 1.36. The van der Waals surface area contributed by atoms with Gasteiger partial charge in [-0.2, -0.15) is 0 Å². The molecule has 0 saturated carbocycles. The van der Waals surface area contributed by atoms with Crippen LogP contribution in [-0.4, -0.2) is 37.2 Å². The van der Waals surface area contributed by atoms with Gasteiger partial charge in [-0.05, 0) is 0 Å². The number of phenols is 1. The third-order valence-corrected chi connectivity index (χ3v) is 2.26. The molecule has 10 nitrogen and oxygen atoms in total. The van der Waals surface area contributed by atoms with Crippen LogP contribution in [0.5, 0.6) is 5.75 Å². The topological polar surface area (TPSA) is 164 Å². The monoisotopic (exact) mass is 272 g/mol. The van der Waals surface area contributed by atoms with Crippen LogP contribution in [0.3, 0.4) is 0 Å². The molecule has 0 spiro atoms. The molecule has 0 aliphatic carbocycles. The Hall–Kier alpha value is -2.75. The molecule has 102 valence electrons. The van der Waals surface area contributed by atoms with Crippen molar-refractivity contribution in [2.75, 3.05) is 0 Å². The van der Waals surface area contributed by atoms with Crippen molar-refractivity contribution in [3.05, 3.63) is 37.9 Å². The Morgan fingerprint density at radius 1 is 1.26 bits per heavy atom. The molecule has 0 aliphatic rings. The fourth-order valence-electron chi connectivity index (χ4n) is 1.36. The number of non-ortho nitro benzene ring substituents is 1. The van der Waals surface area contributed by atoms with E-state index in [1.165, 1.54) is 0 Å². The smallest absolute Gasteiger partial charge is 0.332 e. The Balaban J connectivity index is 3.33. The van der Waals surface area contributed by atoms with Gasteiger partial charge in [-0.1, -0.05) is 0 Å². The second-order valence-electron chi connectivity index (χ2n) is 3.55. The van der Waals surface area contributed by atoms with Gasteiger partial charge in [-0.15, -0.1) is 0 Å². The number of carboxylic acids is 1. The average molecular weight is 272 g/mol. The first kappa shape index (κ1) is 14.3. The molecule has 1 rings (SSSR count). The van der Waals surface area contributed by atoms with Gasteiger partial charge in [0.1, 0.15) is 0 Å². The third-order valence-electron chi connectivity index (χ3n) is 2.26. The van der Waals surface area contributed by atoms with Gasteiger partial charge in [0.05, 0.1) is 15.9 Å². The number of rotatable bonds is 5. The lowest BCUT2D eigenvalue weighted by Gasteiger charge is -2.07. The summed E-state index contributed by atoms with van der Waals surface area (Å²) in [6.07, 6.45) is -2.63. The van der Waals surface area contributed by atoms with Crippen molar-refractivity contribution in [2.24, 2.45) is 0 Å². The van der Waals surface area contributed by atoms with Crippen molar-refractivity contribution >= 4 is 17.3 Å². The predicted molar refractivity (Wildman–Crippen MR) is 58.8 cm³/mol. The van der Waals surface area contributed by atoms with Crippen LogP contribution in [0.4, 0.5) is 11.4 Å². The minimum Gasteiger partial charge on any atom is -0.502 e. The van der Waals surface area contributed by atoms with Gasteiger partial charge < -0.3 is 15.3 Å². The van der Waals surface area contributed by atoms with Crippen LogP contribution in [0.25, 0.3) is 0 Å². The number of aliphatic hydroxyl groups excluding tert-OH is 1. The summed E-state index contributed by atoms with van der Waals surface area (Å²) >= 11 is 0. The number of hydrogen-bond donors (Lipinski definition) is 3. The highest BCUT2D eigenvalue weighted by Crippen LogP contribution is 2.34. The highest BCUT2D eigenvalue weighted by atomic mass is 16.6. The molecule has 0 heterocycles. The van der Waals surface area contributed by atoms with Crippen molar-refractivity contribution in [2.45, 2.75) is 12.5 Å². The number of aliphatic hydroxyl groups is 1. The molecule has 1 aromatic carbocycles. The number of nitrogens with zero attached hydrogens (tertiary/aromatic N) is 2. The molecule has 10 heteroatoms. The first-order valence-electron chi connectivity index (χ1n) is 4.79. The molecule has 0 aliphatic heterocycles. The van der Waals surface area contributed by atoms with Gasteiger partial charge in [0.15, 0.2) is 11.9 Å². The summed E-state index contributed by atoms with van der Waals surface area (Å²) in [7, 11) is 0. The zero-order valence-electron chi connectivity index (χ0n) is 9.22. The van der Waals surface area contributed by atoms with Crippen molar-refractivity contribution in [1.82, 2.24) is 0 Å². The summed E-state index contributed by atoms with van der Waals surface area (Å²) in [6, 6.07) is 1.32. The van der Waals surface area contributed by atoms with E-state index < -0.39 is 51.0 Å².